The number of carbonyl (C=O) groups is 4. The van der Waals surface area contributed by atoms with Crippen molar-refractivity contribution in [3.63, 3.8) is 0 Å². The largest absolute Gasteiger partial charge is 0.480 e. The number of likely N-dealkylation sites (tertiary alicyclic amines) is 1. The number of amides is 3. The summed E-state index contributed by atoms with van der Waals surface area (Å²) in [6.45, 7) is 2.76. The molecule has 2 aliphatic heterocycles. The topological polar surface area (TPSA) is 128 Å². The third-order valence-electron chi connectivity index (χ3n) is 7.71. The molecule has 0 aliphatic carbocycles. The fraction of sp³-hybridized carbons (Fsp3) is 0.467. The number of rotatable bonds is 10. The van der Waals surface area contributed by atoms with Crippen molar-refractivity contribution in [2.75, 3.05) is 32.7 Å². The molecule has 2 atom stereocenters. The van der Waals surface area contributed by atoms with Crippen LogP contribution in [0.1, 0.15) is 48.9 Å². The molecule has 0 spiro atoms. The molecule has 4 rings (SSSR count). The van der Waals surface area contributed by atoms with E-state index in [9.17, 15) is 24.3 Å². The molecule has 9 nitrogen and oxygen atoms in total. The highest BCUT2D eigenvalue weighted by atomic mass is 35.5. The molecule has 0 bridgehead atoms. The zero-order chi connectivity index (χ0) is 27.6. The van der Waals surface area contributed by atoms with Crippen LogP contribution < -0.4 is 16.0 Å². The van der Waals surface area contributed by atoms with Gasteiger partial charge in [-0.1, -0.05) is 42.5 Å². The predicted octanol–water partition coefficient (Wildman–Crippen LogP) is 3.09. The quantitative estimate of drug-likeness (QED) is 0.348. The fourth-order valence-electron chi connectivity index (χ4n) is 5.31. The minimum absolute atomic E-state index is 0. The number of halogens is 1. The lowest BCUT2D eigenvalue weighted by Crippen LogP contribution is -2.51. The summed E-state index contributed by atoms with van der Waals surface area (Å²) in [5.41, 5.74) is 2.29. The Balaban J connectivity index is 0.00000441. The van der Waals surface area contributed by atoms with Gasteiger partial charge in [-0.25, -0.2) is 4.79 Å². The molecule has 0 radical (unpaired) electrons. The van der Waals surface area contributed by atoms with Crippen LogP contribution in [0.4, 0.5) is 0 Å². The van der Waals surface area contributed by atoms with Crippen LogP contribution in [0.2, 0.25) is 0 Å². The van der Waals surface area contributed by atoms with Crippen molar-refractivity contribution in [2.45, 2.75) is 44.6 Å². The van der Waals surface area contributed by atoms with Crippen LogP contribution in [0.5, 0.6) is 0 Å². The lowest BCUT2D eigenvalue weighted by atomic mass is 9.92. The molecular formula is C30H39ClN4O5. The monoisotopic (exact) mass is 570 g/mol. The Morgan fingerprint density at radius 1 is 0.950 bits per heavy atom. The maximum Gasteiger partial charge on any atom is 0.328 e. The first-order valence-corrected chi connectivity index (χ1v) is 13.9. The minimum atomic E-state index is -1.28. The van der Waals surface area contributed by atoms with E-state index in [4.69, 9.17) is 0 Å². The molecule has 4 N–H and O–H groups in total. The Bertz CT molecular complexity index is 1140. The van der Waals surface area contributed by atoms with E-state index in [0.717, 1.165) is 49.9 Å². The van der Waals surface area contributed by atoms with Gasteiger partial charge < -0.3 is 26.0 Å². The van der Waals surface area contributed by atoms with Gasteiger partial charge in [-0.05, 0) is 74.4 Å². The first kappa shape index (κ1) is 31.1. The Hall–Kier alpha value is -3.43. The summed E-state index contributed by atoms with van der Waals surface area (Å²) >= 11 is 0. The molecule has 3 amide bonds. The first-order chi connectivity index (χ1) is 18.9. The Morgan fingerprint density at radius 3 is 2.30 bits per heavy atom. The van der Waals surface area contributed by atoms with E-state index in [1.54, 1.807) is 17.0 Å². The minimum Gasteiger partial charge on any atom is -0.480 e. The lowest BCUT2D eigenvalue weighted by Gasteiger charge is -2.33. The molecule has 2 aromatic carbocycles. The summed E-state index contributed by atoms with van der Waals surface area (Å²) in [5.74, 6) is -1.79. The van der Waals surface area contributed by atoms with Crippen LogP contribution in [0.3, 0.4) is 0 Å². The van der Waals surface area contributed by atoms with Crippen LogP contribution in [0.25, 0.3) is 11.1 Å². The van der Waals surface area contributed by atoms with Gasteiger partial charge in [-0.3, -0.25) is 14.4 Å². The van der Waals surface area contributed by atoms with Crippen LogP contribution in [-0.2, 0) is 14.4 Å². The Kier molecular flexibility index (Phi) is 12.0. The number of piperidine rings is 2. The summed E-state index contributed by atoms with van der Waals surface area (Å²) in [6.07, 6.45) is 4.94. The number of hydrogen-bond acceptors (Lipinski definition) is 5. The molecule has 0 aromatic heterocycles. The molecule has 2 aliphatic rings. The second-order valence-electron chi connectivity index (χ2n) is 10.5. The zero-order valence-electron chi connectivity index (χ0n) is 22.6. The van der Waals surface area contributed by atoms with E-state index in [-0.39, 0.29) is 30.8 Å². The van der Waals surface area contributed by atoms with Crippen LogP contribution in [0.15, 0.2) is 54.6 Å². The van der Waals surface area contributed by atoms with E-state index >= 15 is 0 Å². The van der Waals surface area contributed by atoms with Crippen molar-refractivity contribution in [1.82, 2.24) is 20.9 Å². The van der Waals surface area contributed by atoms with Crippen molar-refractivity contribution in [2.24, 2.45) is 11.8 Å². The summed E-state index contributed by atoms with van der Waals surface area (Å²) in [5, 5.41) is 18.2. The third-order valence-corrected chi connectivity index (χ3v) is 7.71. The molecule has 2 fully saturated rings. The van der Waals surface area contributed by atoms with Gasteiger partial charge >= 0.3 is 5.97 Å². The first-order valence-electron chi connectivity index (χ1n) is 13.9. The van der Waals surface area contributed by atoms with Gasteiger partial charge in [0, 0.05) is 31.6 Å². The second kappa shape index (κ2) is 15.4. The smallest absolute Gasteiger partial charge is 0.328 e. The predicted molar refractivity (Wildman–Crippen MR) is 155 cm³/mol. The number of hydrogen-bond donors (Lipinski definition) is 4. The standard InChI is InChI=1S/C30H38N4O5.ClH/c35-27(13-8-21-14-16-31-17-15-21)34-18-4-7-25(20-34)28(36)32-19-26(30(38)39)33-29(37)24-11-9-23(10-12-24)22-5-2-1-3-6-22;/h1-3,5-6,9-12,21,25-26,31H,4,7-8,13-20H2,(H,32,36)(H,33,37)(H,38,39);1H/t25-,26+;/m1./s1. The average Bonchev–Trinajstić information content (AvgIpc) is 2.98. The van der Waals surface area contributed by atoms with Gasteiger partial charge in [0.25, 0.3) is 5.91 Å². The van der Waals surface area contributed by atoms with E-state index in [2.05, 4.69) is 16.0 Å². The molecule has 0 saturated carbocycles. The van der Waals surface area contributed by atoms with E-state index in [1.165, 1.54) is 0 Å². The number of carboxylic acid groups (broad SMARTS) is 1. The number of nitrogens with one attached hydrogen (secondary N) is 3. The highest BCUT2D eigenvalue weighted by molar-refractivity contribution is 5.97. The SMILES string of the molecule is Cl.O=C(N[C@@H](CNC(=O)[C@@H]1CCCN(C(=O)CCC2CCNCC2)C1)C(=O)O)c1ccc(-c2ccccc2)cc1. The number of nitrogens with zero attached hydrogens (tertiary/aromatic N) is 1. The fourth-order valence-corrected chi connectivity index (χ4v) is 5.31. The Labute approximate surface area is 241 Å². The second-order valence-corrected chi connectivity index (χ2v) is 10.5. The number of carboxylic acids is 1. The van der Waals surface area contributed by atoms with E-state index in [0.29, 0.717) is 37.4 Å². The maximum atomic E-state index is 12.9. The zero-order valence-corrected chi connectivity index (χ0v) is 23.5. The maximum absolute atomic E-state index is 12.9. The van der Waals surface area contributed by atoms with Gasteiger partial charge in [-0.2, -0.15) is 0 Å². The summed E-state index contributed by atoms with van der Waals surface area (Å²) < 4.78 is 0. The van der Waals surface area contributed by atoms with E-state index < -0.39 is 23.8 Å². The molecular weight excluding hydrogens is 532 g/mol. The highest BCUT2D eigenvalue weighted by Gasteiger charge is 2.30. The average molecular weight is 571 g/mol. The Morgan fingerprint density at radius 2 is 1.62 bits per heavy atom. The van der Waals surface area contributed by atoms with Crippen molar-refractivity contribution in [1.29, 1.82) is 0 Å². The van der Waals surface area contributed by atoms with Gasteiger partial charge in [-0.15, -0.1) is 12.4 Å². The highest BCUT2D eigenvalue weighted by Crippen LogP contribution is 2.22. The summed E-state index contributed by atoms with van der Waals surface area (Å²) in [6, 6.07) is 15.4. The van der Waals surface area contributed by atoms with Crippen molar-refractivity contribution in [3.8, 4) is 11.1 Å². The number of carbonyl (C=O) groups excluding carboxylic acids is 3. The molecule has 2 saturated heterocycles. The number of benzene rings is 2. The van der Waals surface area contributed by atoms with Crippen LogP contribution in [-0.4, -0.2) is 72.5 Å². The summed E-state index contributed by atoms with van der Waals surface area (Å²) in [7, 11) is 0. The molecule has 10 heteroatoms. The number of aliphatic carboxylic acids is 1. The van der Waals surface area contributed by atoms with Crippen molar-refractivity contribution >= 4 is 36.1 Å². The molecule has 2 aromatic rings. The lowest BCUT2D eigenvalue weighted by molar-refractivity contribution is -0.139. The molecule has 216 valence electrons. The van der Waals surface area contributed by atoms with Crippen molar-refractivity contribution in [3.05, 3.63) is 60.2 Å². The van der Waals surface area contributed by atoms with Gasteiger partial charge in [0.15, 0.2) is 0 Å². The van der Waals surface area contributed by atoms with Crippen LogP contribution in [0, 0.1) is 11.8 Å². The molecule has 2 heterocycles. The van der Waals surface area contributed by atoms with Crippen LogP contribution >= 0.6 is 12.4 Å². The molecule has 0 unspecified atom stereocenters. The summed E-state index contributed by atoms with van der Waals surface area (Å²) in [4.78, 5) is 51.9. The van der Waals surface area contributed by atoms with Crippen molar-refractivity contribution < 1.29 is 24.3 Å². The van der Waals surface area contributed by atoms with E-state index in [1.807, 2.05) is 42.5 Å². The molecule has 40 heavy (non-hydrogen) atoms. The normalized spacial score (nSPS) is 18.2. The van der Waals surface area contributed by atoms with Gasteiger partial charge in [0.2, 0.25) is 11.8 Å². The third kappa shape index (κ3) is 8.79. The van der Waals surface area contributed by atoms with Gasteiger partial charge in [0.05, 0.1) is 5.92 Å². The van der Waals surface area contributed by atoms with Gasteiger partial charge in [0.1, 0.15) is 6.04 Å².